The van der Waals surface area contributed by atoms with Crippen molar-refractivity contribution in [1.82, 2.24) is 9.55 Å². The molecule has 1 aliphatic carbocycles. The third kappa shape index (κ3) is 5.29. The van der Waals surface area contributed by atoms with Crippen molar-refractivity contribution in [1.29, 1.82) is 0 Å². The fraction of sp³-hybridized carbons (Fsp3) is 0.391. The predicted molar refractivity (Wildman–Crippen MR) is 135 cm³/mol. The SMILES string of the molecule is CCOC(=O)CCSc1sc2c(n3c(=O)nc(NS(=O)(=O)c4ccc(C)cc4)c1-3)CC(C)CC2=O. The van der Waals surface area contributed by atoms with Gasteiger partial charge in [-0.2, -0.15) is 4.98 Å². The third-order valence-electron chi connectivity index (χ3n) is 5.50. The molecule has 1 aromatic rings. The van der Waals surface area contributed by atoms with Crippen molar-refractivity contribution in [3.05, 3.63) is 50.9 Å². The molecule has 35 heavy (non-hydrogen) atoms. The average molecular weight is 536 g/mol. The van der Waals surface area contributed by atoms with Gasteiger partial charge in [0.2, 0.25) is 0 Å². The lowest BCUT2D eigenvalue weighted by Gasteiger charge is -2.24. The van der Waals surface area contributed by atoms with E-state index >= 15 is 0 Å². The van der Waals surface area contributed by atoms with Crippen LogP contribution in [0.25, 0.3) is 5.69 Å². The number of anilines is 1. The molecular formula is C23H25N3O6S3. The number of aromatic nitrogens is 2. The number of hydrogen-bond acceptors (Lipinski definition) is 9. The van der Waals surface area contributed by atoms with Crippen molar-refractivity contribution < 1.29 is 22.7 Å². The highest BCUT2D eigenvalue weighted by molar-refractivity contribution is 8.01. The Morgan fingerprint density at radius 3 is 2.66 bits per heavy atom. The van der Waals surface area contributed by atoms with Crippen LogP contribution in [0, 0.1) is 12.8 Å². The van der Waals surface area contributed by atoms with Gasteiger partial charge >= 0.3 is 11.7 Å². The van der Waals surface area contributed by atoms with Gasteiger partial charge in [0.1, 0.15) is 5.69 Å². The second-order valence-electron chi connectivity index (χ2n) is 8.35. The Kier molecular flexibility index (Phi) is 7.34. The molecule has 0 fully saturated rings. The van der Waals surface area contributed by atoms with Crippen molar-refractivity contribution in [2.24, 2.45) is 5.92 Å². The molecule has 0 radical (unpaired) electrons. The number of carbonyl (C=O) groups is 2. The van der Waals surface area contributed by atoms with Gasteiger partial charge in [-0.3, -0.25) is 18.9 Å². The van der Waals surface area contributed by atoms with Crippen molar-refractivity contribution in [2.45, 2.75) is 49.1 Å². The lowest BCUT2D eigenvalue weighted by atomic mass is 9.91. The quantitative estimate of drug-likeness (QED) is 0.342. The number of aryl methyl sites for hydroxylation is 1. The van der Waals surface area contributed by atoms with E-state index in [9.17, 15) is 22.8 Å². The number of nitrogens with zero attached hydrogens (tertiary/aromatic N) is 2. The zero-order valence-corrected chi connectivity index (χ0v) is 21.9. The zero-order chi connectivity index (χ0) is 25.3. The number of hydrogen-bond donors (Lipinski definition) is 1. The maximum Gasteiger partial charge on any atom is 0.354 e. The normalized spacial score (nSPS) is 15.7. The number of rotatable bonds is 8. The number of benzene rings is 1. The monoisotopic (exact) mass is 535 g/mol. The van der Waals surface area contributed by atoms with Crippen LogP contribution in [0.5, 0.6) is 0 Å². The molecule has 1 atom stereocenters. The average Bonchev–Trinajstić information content (AvgIpc) is 3.10. The summed E-state index contributed by atoms with van der Waals surface area (Å²) in [5.74, 6) is -0.145. The molecule has 12 heteroatoms. The first-order valence-electron chi connectivity index (χ1n) is 11.1. The smallest absolute Gasteiger partial charge is 0.354 e. The van der Waals surface area contributed by atoms with Crippen LogP contribution in [-0.2, 0) is 26.0 Å². The molecule has 0 bridgehead atoms. The zero-order valence-electron chi connectivity index (χ0n) is 19.5. The molecule has 186 valence electrons. The van der Waals surface area contributed by atoms with Crippen LogP contribution in [0.2, 0.25) is 0 Å². The summed E-state index contributed by atoms with van der Waals surface area (Å²) in [7, 11) is -4.02. The van der Waals surface area contributed by atoms with Crippen LogP contribution in [0.4, 0.5) is 5.82 Å². The minimum Gasteiger partial charge on any atom is -0.466 e. The van der Waals surface area contributed by atoms with Gasteiger partial charge in [0, 0.05) is 17.9 Å². The standard InChI is InChI=1S/C23H25N3O6S3/c1-4-32-18(28)9-10-33-22-19-21(25-35(30,31)15-7-5-13(2)6-8-15)24-23(29)26(19)16-11-14(3)12-17(27)20(16)34-22/h5-8,14H,4,9-12H2,1-3H3,(H,24,25,29). The molecule has 9 nitrogen and oxygen atoms in total. The molecule has 1 unspecified atom stereocenters. The molecule has 0 saturated carbocycles. The van der Waals surface area contributed by atoms with E-state index in [1.807, 2.05) is 13.8 Å². The number of carbonyl (C=O) groups excluding carboxylic acids is 2. The van der Waals surface area contributed by atoms with Gasteiger partial charge < -0.3 is 4.74 Å². The Labute approximate surface area is 211 Å². The Hall–Kier alpha value is -2.70. The fourth-order valence-electron chi connectivity index (χ4n) is 3.89. The van der Waals surface area contributed by atoms with E-state index < -0.39 is 15.7 Å². The summed E-state index contributed by atoms with van der Waals surface area (Å²) >= 11 is 2.47. The molecule has 4 rings (SSSR count). The van der Waals surface area contributed by atoms with Crippen LogP contribution in [0.15, 0.2) is 38.2 Å². The number of ether oxygens (including phenoxy) is 1. The number of imidazole rings is 1. The van der Waals surface area contributed by atoms with Crippen molar-refractivity contribution in [2.75, 3.05) is 17.1 Å². The number of ketones is 1. The first kappa shape index (κ1) is 25.4. The molecule has 0 aromatic heterocycles. The molecule has 2 heterocycles. The maximum absolute atomic E-state index is 13.1. The minimum absolute atomic E-state index is 0.0404. The van der Waals surface area contributed by atoms with Crippen molar-refractivity contribution in [3.8, 4) is 5.69 Å². The van der Waals surface area contributed by atoms with E-state index in [-0.39, 0.29) is 41.4 Å². The molecule has 1 aromatic carbocycles. The molecule has 0 spiro atoms. The lowest BCUT2D eigenvalue weighted by molar-refractivity contribution is -0.142. The Morgan fingerprint density at radius 2 is 1.97 bits per heavy atom. The fourth-order valence-corrected chi connectivity index (χ4v) is 7.37. The van der Waals surface area contributed by atoms with E-state index in [1.165, 1.54) is 39.8 Å². The molecule has 0 saturated heterocycles. The second kappa shape index (κ2) is 10.1. The first-order valence-corrected chi connectivity index (χ1v) is 14.4. The van der Waals surface area contributed by atoms with E-state index in [0.29, 0.717) is 39.1 Å². The number of Topliss-reactive ketones (excluding diaryl/α,β-unsaturated/α-hetero) is 1. The summed E-state index contributed by atoms with van der Waals surface area (Å²) < 4.78 is 35.4. The van der Waals surface area contributed by atoms with E-state index in [0.717, 1.165) is 5.56 Å². The van der Waals surface area contributed by atoms with Crippen LogP contribution in [-0.4, -0.2) is 42.1 Å². The van der Waals surface area contributed by atoms with Gasteiger partial charge in [-0.15, -0.1) is 23.1 Å². The number of sulfonamides is 1. The summed E-state index contributed by atoms with van der Waals surface area (Å²) in [5.41, 5.74) is 1.09. The van der Waals surface area contributed by atoms with Crippen molar-refractivity contribution >= 4 is 50.7 Å². The lowest BCUT2D eigenvalue weighted by Crippen LogP contribution is -2.27. The number of thioether (sulfide) groups is 1. The van der Waals surface area contributed by atoms with E-state index in [4.69, 9.17) is 4.74 Å². The second-order valence-corrected chi connectivity index (χ2v) is 12.4. The predicted octanol–water partition coefficient (Wildman–Crippen LogP) is 3.65. The van der Waals surface area contributed by atoms with Crippen molar-refractivity contribution in [3.63, 3.8) is 0 Å². The van der Waals surface area contributed by atoms with E-state index in [2.05, 4.69) is 9.71 Å². The molecule has 1 N–H and O–H groups in total. The van der Waals surface area contributed by atoms with Crippen LogP contribution in [0.3, 0.4) is 0 Å². The number of esters is 1. The summed E-state index contributed by atoms with van der Waals surface area (Å²) in [6.07, 6.45) is 0.998. The summed E-state index contributed by atoms with van der Waals surface area (Å²) in [4.78, 5) is 42.1. The van der Waals surface area contributed by atoms with Gasteiger partial charge in [-0.05, 0) is 38.3 Å². The van der Waals surface area contributed by atoms with Crippen LogP contribution < -0.4 is 10.4 Å². The molecule has 3 aliphatic rings. The Bertz CT molecular complexity index is 1410. The summed E-state index contributed by atoms with van der Waals surface area (Å²) in [6, 6.07) is 6.32. The van der Waals surface area contributed by atoms with Crippen LogP contribution in [0.1, 0.15) is 47.6 Å². The molecule has 0 amide bonds. The third-order valence-corrected chi connectivity index (χ3v) is 9.37. The van der Waals surface area contributed by atoms with Gasteiger partial charge in [0.05, 0.1) is 27.0 Å². The van der Waals surface area contributed by atoms with Gasteiger partial charge in [-0.25, -0.2) is 13.2 Å². The Balaban J connectivity index is 1.79. The van der Waals surface area contributed by atoms with Gasteiger partial charge in [0.25, 0.3) is 10.0 Å². The summed E-state index contributed by atoms with van der Waals surface area (Å²) in [6.45, 7) is 5.78. The summed E-state index contributed by atoms with van der Waals surface area (Å²) in [5, 5.41) is 0. The Morgan fingerprint density at radius 1 is 1.26 bits per heavy atom. The number of nitrogens with one attached hydrogen (secondary N) is 1. The topological polar surface area (TPSA) is 124 Å². The minimum atomic E-state index is -4.02. The molecular weight excluding hydrogens is 510 g/mol. The maximum atomic E-state index is 13.1. The highest BCUT2D eigenvalue weighted by Crippen LogP contribution is 2.42. The number of fused-ring (bicyclic) bond motifs is 3. The van der Waals surface area contributed by atoms with E-state index in [1.54, 1.807) is 19.1 Å². The highest BCUT2D eigenvalue weighted by atomic mass is 32.2. The highest BCUT2D eigenvalue weighted by Gasteiger charge is 2.33. The molecule has 2 aliphatic heterocycles. The van der Waals surface area contributed by atoms with Gasteiger partial charge in [-0.1, -0.05) is 24.6 Å². The largest absolute Gasteiger partial charge is 0.466 e. The van der Waals surface area contributed by atoms with Crippen LogP contribution >= 0.6 is 23.1 Å². The first-order chi connectivity index (χ1) is 16.6. The van der Waals surface area contributed by atoms with Gasteiger partial charge in [0.15, 0.2) is 11.6 Å².